The number of benzene rings is 1. The highest BCUT2D eigenvalue weighted by molar-refractivity contribution is 7.92. The van der Waals surface area contributed by atoms with Gasteiger partial charge < -0.3 is 5.32 Å². The number of hydrogen-bond acceptors (Lipinski definition) is 4. The first-order valence-electron chi connectivity index (χ1n) is 7.18. The molecule has 2 aromatic rings. The Hall–Kier alpha value is -2.35. The van der Waals surface area contributed by atoms with Crippen LogP contribution in [0.4, 0.5) is 11.4 Å². The van der Waals surface area contributed by atoms with E-state index in [1.165, 1.54) is 6.07 Å². The molecule has 2 heterocycles. The maximum Gasteiger partial charge on any atom is 0.262 e. The summed E-state index contributed by atoms with van der Waals surface area (Å²) in [6.07, 6.45) is 0. The topological polar surface area (TPSA) is 93.1 Å². The molecule has 0 fully saturated rings. The third-order valence-corrected chi connectivity index (χ3v) is 5.54. The largest absolute Gasteiger partial charge is 0.325 e. The number of carbonyl (C=O) groups is 1. The van der Waals surface area contributed by atoms with Crippen LogP contribution in [-0.2, 0) is 21.9 Å². The van der Waals surface area contributed by atoms with E-state index in [4.69, 9.17) is 0 Å². The molecule has 0 spiro atoms. The Labute approximate surface area is 134 Å². The Balaban J connectivity index is 2.00. The number of hydrogen-bond donors (Lipinski definition) is 2. The lowest BCUT2D eigenvalue weighted by Crippen LogP contribution is -2.14. The molecule has 1 aliphatic heterocycles. The number of nitrogens with zero attached hydrogens (tertiary/aromatic N) is 2. The lowest BCUT2D eigenvalue weighted by molar-refractivity contribution is -0.116. The van der Waals surface area contributed by atoms with Crippen LogP contribution in [0.5, 0.6) is 0 Å². The molecule has 23 heavy (non-hydrogen) atoms. The molecule has 0 saturated heterocycles. The first-order chi connectivity index (χ1) is 10.7. The van der Waals surface area contributed by atoms with E-state index in [1.54, 1.807) is 44.6 Å². The smallest absolute Gasteiger partial charge is 0.262 e. The van der Waals surface area contributed by atoms with Gasteiger partial charge in [-0.05, 0) is 44.5 Å². The van der Waals surface area contributed by atoms with E-state index in [2.05, 4.69) is 15.1 Å². The molecular weight excluding hydrogens is 316 g/mol. The van der Waals surface area contributed by atoms with E-state index in [1.807, 2.05) is 0 Å². The number of fused-ring (bicyclic) bond motifs is 1. The van der Waals surface area contributed by atoms with E-state index < -0.39 is 10.0 Å². The van der Waals surface area contributed by atoms with Crippen LogP contribution in [-0.4, -0.2) is 24.1 Å². The number of sulfonamides is 1. The van der Waals surface area contributed by atoms with Gasteiger partial charge in [-0.15, -0.1) is 0 Å². The zero-order valence-electron chi connectivity index (χ0n) is 13.3. The minimum atomic E-state index is -3.75. The van der Waals surface area contributed by atoms with Gasteiger partial charge in [0.05, 0.1) is 27.9 Å². The van der Waals surface area contributed by atoms with Crippen LogP contribution in [0.2, 0.25) is 0 Å². The van der Waals surface area contributed by atoms with Gasteiger partial charge in [-0.2, -0.15) is 5.10 Å². The van der Waals surface area contributed by atoms with Crippen molar-refractivity contribution in [1.82, 2.24) is 9.78 Å². The van der Waals surface area contributed by atoms with Gasteiger partial charge in [-0.1, -0.05) is 0 Å². The monoisotopic (exact) mass is 334 g/mol. The van der Waals surface area contributed by atoms with E-state index in [0.29, 0.717) is 22.6 Å². The van der Waals surface area contributed by atoms with E-state index in [0.717, 1.165) is 5.69 Å². The van der Waals surface area contributed by atoms with Crippen molar-refractivity contribution in [2.24, 2.45) is 7.05 Å². The summed E-state index contributed by atoms with van der Waals surface area (Å²) in [6.45, 7) is 5.30. The van der Waals surface area contributed by atoms with Crippen molar-refractivity contribution in [3.63, 3.8) is 0 Å². The molecule has 1 aliphatic rings. The van der Waals surface area contributed by atoms with Crippen molar-refractivity contribution >= 4 is 27.3 Å². The molecule has 2 N–H and O–H groups in total. The second-order valence-electron chi connectivity index (χ2n) is 5.73. The fourth-order valence-electron chi connectivity index (χ4n) is 2.68. The van der Waals surface area contributed by atoms with Crippen molar-refractivity contribution in [1.29, 1.82) is 0 Å². The molecule has 7 nitrogen and oxygen atoms in total. The molecular formula is C15H18N4O3S. The molecule has 3 rings (SSSR count). The second-order valence-corrected chi connectivity index (χ2v) is 7.42. The first-order valence-corrected chi connectivity index (χ1v) is 8.67. The maximum atomic E-state index is 12.6. The van der Waals surface area contributed by atoms with Gasteiger partial charge in [-0.3, -0.25) is 14.2 Å². The Kier molecular flexibility index (Phi) is 3.44. The van der Waals surface area contributed by atoms with Crippen molar-refractivity contribution in [3.05, 3.63) is 35.2 Å². The van der Waals surface area contributed by atoms with Gasteiger partial charge in [0.1, 0.15) is 0 Å². The van der Waals surface area contributed by atoms with Gasteiger partial charge in [0.2, 0.25) is 5.91 Å². The first kappa shape index (κ1) is 15.5. The number of amides is 1. The summed E-state index contributed by atoms with van der Waals surface area (Å²) >= 11 is 0. The second kappa shape index (κ2) is 5.09. The van der Waals surface area contributed by atoms with E-state index in [9.17, 15) is 13.2 Å². The summed E-state index contributed by atoms with van der Waals surface area (Å²) in [5, 5.41) is 6.93. The van der Waals surface area contributed by atoms with Crippen LogP contribution in [0, 0.1) is 13.8 Å². The van der Waals surface area contributed by atoms with Gasteiger partial charge in [-0.25, -0.2) is 8.42 Å². The normalized spacial score (nSPS) is 17.0. The van der Waals surface area contributed by atoms with Gasteiger partial charge in [0.25, 0.3) is 10.0 Å². The Morgan fingerprint density at radius 2 is 2.00 bits per heavy atom. The summed E-state index contributed by atoms with van der Waals surface area (Å²) < 4.78 is 29.5. The van der Waals surface area contributed by atoms with Crippen molar-refractivity contribution in [3.8, 4) is 0 Å². The maximum absolute atomic E-state index is 12.6. The fourth-order valence-corrected chi connectivity index (χ4v) is 3.89. The minimum absolute atomic E-state index is 0.124. The predicted molar refractivity (Wildman–Crippen MR) is 87.0 cm³/mol. The summed E-state index contributed by atoms with van der Waals surface area (Å²) in [5.74, 6) is -0.483. The molecule has 122 valence electrons. The molecule has 0 saturated carbocycles. The number of anilines is 2. The van der Waals surface area contributed by atoms with Crippen molar-refractivity contribution < 1.29 is 13.2 Å². The third-order valence-electron chi connectivity index (χ3n) is 4.20. The van der Waals surface area contributed by atoms with Crippen molar-refractivity contribution in [2.45, 2.75) is 31.6 Å². The standard InChI is InChI=1S/C15H18N4O3S/c1-8-12-7-11(5-6-13(12)16-15(8)20)23(21,22)18-14-9(2)17-19(4)10(14)3/h5-8,18H,1-4H3,(H,16,20). The lowest BCUT2D eigenvalue weighted by atomic mass is 10.0. The van der Waals surface area contributed by atoms with Gasteiger partial charge >= 0.3 is 0 Å². The molecule has 0 aliphatic carbocycles. The molecule has 0 bridgehead atoms. The highest BCUT2D eigenvalue weighted by atomic mass is 32.2. The zero-order chi connectivity index (χ0) is 16.9. The summed E-state index contributed by atoms with van der Waals surface area (Å²) in [6, 6.07) is 4.65. The number of aromatic nitrogens is 2. The fraction of sp³-hybridized carbons (Fsp3) is 0.333. The minimum Gasteiger partial charge on any atom is -0.325 e. The Bertz CT molecular complexity index is 915. The number of carbonyl (C=O) groups excluding carboxylic acids is 1. The van der Waals surface area contributed by atoms with Crippen LogP contribution in [0.25, 0.3) is 0 Å². The van der Waals surface area contributed by atoms with Crippen LogP contribution in [0.3, 0.4) is 0 Å². The quantitative estimate of drug-likeness (QED) is 0.896. The highest BCUT2D eigenvalue weighted by Gasteiger charge is 2.29. The Morgan fingerprint density at radius 1 is 1.30 bits per heavy atom. The summed E-state index contributed by atoms with van der Waals surface area (Å²) in [5.41, 5.74) is 3.18. The molecule has 1 unspecified atom stereocenters. The molecule has 1 atom stereocenters. The van der Waals surface area contributed by atoms with Crippen LogP contribution in [0.15, 0.2) is 23.1 Å². The van der Waals surface area contributed by atoms with Gasteiger partial charge in [0, 0.05) is 12.7 Å². The molecule has 1 amide bonds. The number of nitrogens with one attached hydrogen (secondary N) is 2. The molecule has 1 aromatic heterocycles. The van der Waals surface area contributed by atoms with E-state index >= 15 is 0 Å². The average Bonchev–Trinajstić information content (AvgIpc) is 2.90. The predicted octanol–water partition coefficient (Wildman–Crippen LogP) is 1.89. The third kappa shape index (κ3) is 2.48. The average molecular weight is 334 g/mol. The molecule has 1 aromatic carbocycles. The summed E-state index contributed by atoms with van der Waals surface area (Å²) in [7, 11) is -1.99. The molecule has 8 heteroatoms. The highest BCUT2D eigenvalue weighted by Crippen LogP contribution is 2.34. The molecule has 0 radical (unpaired) electrons. The van der Waals surface area contributed by atoms with E-state index in [-0.39, 0.29) is 16.7 Å². The van der Waals surface area contributed by atoms with Crippen LogP contribution < -0.4 is 10.0 Å². The van der Waals surface area contributed by atoms with Crippen LogP contribution >= 0.6 is 0 Å². The number of aryl methyl sites for hydroxylation is 2. The van der Waals surface area contributed by atoms with Crippen molar-refractivity contribution in [2.75, 3.05) is 10.0 Å². The SMILES string of the molecule is Cc1nn(C)c(C)c1NS(=O)(=O)c1ccc2c(c1)C(C)C(=O)N2. The lowest BCUT2D eigenvalue weighted by Gasteiger charge is -2.10. The Morgan fingerprint density at radius 3 is 2.61 bits per heavy atom. The summed E-state index contributed by atoms with van der Waals surface area (Å²) in [4.78, 5) is 11.8. The van der Waals surface area contributed by atoms with Crippen LogP contribution in [0.1, 0.15) is 29.8 Å². The number of rotatable bonds is 3. The zero-order valence-corrected chi connectivity index (χ0v) is 14.2. The van der Waals surface area contributed by atoms with Gasteiger partial charge in [0.15, 0.2) is 0 Å².